The standard InChI is InChI=1S/C12H16ClN/c1-9-4-2-6-11(12(9)13)10-5-3-7-14-8-10/h2,4,6,10,14H,3,5,7-8H2,1H3. The van der Waals surface area contributed by atoms with Gasteiger partial charge in [-0.2, -0.15) is 0 Å². The minimum Gasteiger partial charge on any atom is -0.316 e. The van der Waals surface area contributed by atoms with E-state index in [1.807, 2.05) is 0 Å². The summed E-state index contributed by atoms with van der Waals surface area (Å²) in [6.07, 6.45) is 2.52. The molecular weight excluding hydrogens is 194 g/mol. The highest BCUT2D eigenvalue weighted by Crippen LogP contribution is 2.31. The molecular formula is C12H16ClN. The molecule has 0 aliphatic carbocycles. The van der Waals surface area contributed by atoms with Crippen molar-refractivity contribution < 1.29 is 0 Å². The fraction of sp³-hybridized carbons (Fsp3) is 0.500. The first-order chi connectivity index (χ1) is 6.79. The average Bonchev–Trinajstić information content (AvgIpc) is 2.23. The third kappa shape index (κ3) is 1.94. The predicted octanol–water partition coefficient (Wildman–Crippen LogP) is 3.12. The highest BCUT2D eigenvalue weighted by molar-refractivity contribution is 6.32. The number of aryl methyl sites for hydroxylation is 1. The van der Waals surface area contributed by atoms with Crippen LogP contribution in [-0.2, 0) is 0 Å². The Labute approximate surface area is 90.5 Å². The van der Waals surface area contributed by atoms with Gasteiger partial charge >= 0.3 is 0 Å². The number of benzene rings is 1. The first kappa shape index (κ1) is 10.0. The first-order valence-electron chi connectivity index (χ1n) is 5.25. The van der Waals surface area contributed by atoms with E-state index in [1.165, 1.54) is 24.0 Å². The first-order valence-corrected chi connectivity index (χ1v) is 5.62. The smallest absolute Gasteiger partial charge is 0.0470 e. The largest absolute Gasteiger partial charge is 0.316 e. The Hall–Kier alpha value is -0.530. The number of rotatable bonds is 1. The van der Waals surface area contributed by atoms with Crippen LogP contribution in [0.1, 0.15) is 29.9 Å². The Morgan fingerprint density at radius 1 is 1.43 bits per heavy atom. The van der Waals surface area contributed by atoms with Gasteiger partial charge in [0.05, 0.1) is 0 Å². The SMILES string of the molecule is Cc1cccc(C2CCCNC2)c1Cl. The molecule has 1 fully saturated rings. The summed E-state index contributed by atoms with van der Waals surface area (Å²) >= 11 is 6.30. The lowest BCUT2D eigenvalue weighted by molar-refractivity contribution is 0.461. The average molecular weight is 210 g/mol. The summed E-state index contributed by atoms with van der Waals surface area (Å²) in [7, 11) is 0. The quantitative estimate of drug-likeness (QED) is 0.750. The summed E-state index contributed by atoms with van der Waals surface area (Å²) in [5, 5.41) is 4.38. The summed E-state index contributed by atoms with van der Waals surface area (Å²) in [5.41, 5.74) is 2.51. The van der Waals surface area contributed by atoms with Crippen molar-refractivity contribution in [1.82, 2.24) is 5.32 Å². The second-order valence-electron chi connectivity index (χ2n) is 4.02. The molecule has 1 nitrogen and oxygen atoms in total. The van der Waals surface area contributed by atoms with Gasteiger partial charge in [0.25, 0.3) is 0 Å². The van der Waals surface area contributed by atoms with Crippen molar-refractivity contribution in [2.75, 3.05) is 13.1 Å². The van der Waals surface area contributed by atoms with E-state index in [1.54, 1.807) is 0 Å². The van der Waals surface area contributed by atoms with Crippen LogP contribution in [0.4, 0.5) is 0 Å². The van der Waals surface area contributed by atoms with Gasteiger partial charge < -0.3 is 5.32 Å². The van der Waals surface area contributed by atoms with Crippen molar-refractivity contribution in [1.29, 1.82) is 0 Å². The molecule has 76 valence electrons. The molecule has 1 aromatic carbocycles. The Balaban J connectivity index is 2.26. The van der Waals surface area contributed by atoms with Crippen LogP contribution < -0.4 is 5.32 Å². The fourth-order valence-corrected chi connectivity index (χ4v) is 2.38. The highest BCUT2D eigenvalue weighted by Gasteiger charge is 2.17. The topological polar surface area (TPSA) is 12.0 Å². The van der Waals surface area contributed by atoms with Crippen LogP contribution in [0.2, 0.25) is 5.02 Å². The zero-order valence-corrected chi connectivity index (χ0v) is 9.27. The normalized spacial score (nSPS) is 22.3. The molecule has 14 heavy (non-hydrogen) atoms. The molecule has 1 aliphatic rings. The Bertz CT molecular complexity index is 316. The van der Waals surface area contributed by atoms with E-state index >= 15 is 0 Å². The molecule has 1 unspecified atom stereocenters. The third-order valence-corrected chi connectivity index (χ3v) is 3.47. The number of hydrogen-bond donors (Lipinski definition) is 1. The Kier molecular flexibility index (Phi) is 3.09. The molecule has 0 radical (unpaired) electrons. The van der Waals surface area contributed by atoms with Crippen molar-refractivity contribution in [2.24, 2.45) is 0 Å². The maximum Gasteiger partial charge on any atom is 0.0470 e. The van der Waals surface area contributed by atoms with Crippen LogP contribution >= 0.6 is 11.6 Å². The van der Waals surface area contributed by atoms with Crippen molar-refractivity contribution in [3.63, 3.8) is 0 Å². The Morgan fingerprint density at radius 3 is 3.00 bits per heavy atom. The van der Waals surface area contributed by atoms with Crippen molar-refractivity contribution >= 4 is 11.6 Å². The molecule has 1 N–H and O–H groups in total. The van der Waals surface area contributed by atoms with Crippen LogP contribution in [0.25, 0.3) is 0 Å². The van der Waals surface area contributed by atoms with Gasteiger partial charge in [-0.1, -0.05) is 29.8 Å². The lowest BCUT2D eigenvalue weighted by Gasteiger charge is -2.24. The summed E-state index contributed by atoms with van der Waals surface area (Å²) < 4.78 is 0. The minimum atomic E-state index is 0.608. The molecule has 0 amide bonds. The molecule has 0 spiro atoms. The van der Waals surface area contributed by atoms with Crippen molar-refractivity contribution in [3.8, 4) is 0 Å². The number of piperidine rings is 1. The van der Waals surface area contributed by atoms with Crippen LogP contribution in [0, 0.1) is 6.92 Å². The second kappa shape index (κ2) is 4.33. The van der Waals surface area contributed by atoms with Gasteiger partial charge in [0.2, 0.25) is 0 Å². The van der Waals surface area contributed by atoms with Crippen LogP contribution in [0.3, 0.4) is 0 Å². The molecule has 1 atom stereocenters. The monoisotopic (exact) mass is 209 g/mol. The van der Waals surface area contributed by atoms with E-state index in [0.717, 1.165) is 18.1 Å². The molecule has 2 heteroatoms. The van der Waals surface area contributed by atoms with E-state index in [-0.39, 0.29) is 0 Å². The van der Waals surface area contributed by atoms with Gasteiger partial charge in [0.15, 0.2) is 0 Å². The predicted molar refractivity (Wildman–Crippen MR) is 61.0 cm³/mol. The van der Waals surface area contributed by atoms with Crippen LogP contribution in [-0.4, -0.2) is 13.1 Å². The molecule has 1 aliphatic heterocycles. The lowest BCUT2D eigenvalue weighted by Crippen LogP contribution is -2.28. The van der Waals surface area contributed by atoms with Gasteiger partial charge in [0.1, 0.15) is 0 Å². The van der Waals surface area contributed by atoms with Crippen molar-refractivity contribution in [3.05, 3.63) is 34.3 Å². The number of halogens is 1. The van der Waals surface area contributed by atoms with Gasteiger partial charge in [-0.15, -0.1) is 0 Å². The second-order valence-corrected chi connectivity index (χ2v) is 4.40. The van der Waals surface area contributed by atoms with Crippen LogP contribution in [0.5, 0.6) is 0 Å². The molecule has 1 saturated heterocycles. The maximum atomic E-state index is 6.30. The fourth-order valence-electron chi connectivity index (χ4n) is 2.10. The molecule has 0 saturated carbocycles. The minimum absolute atomic E-state index is 0.608. The van der Waals surface area contributed by atoms with Crippen molar-refractivity contribution in [2.45, 2.75) is 25.7 Å². The zero-order chi connectivity index (χ0) is 9.97. The summed E-state index contributed by atoms with van der Waals surface area (Å²) in [5.74, 6) is 0.608. The van der Waals surface area contributed by atoms with E-state index < -0.39 is 0 Å². The van der Waals surface area contributed by atoms with Crippen LogP contribution in [0.15, 0.2) is 18.2 Å². The third-order valence-electron chi connectivity index (χ3n) is 2.96. The van der Waals surface area contributed by atoms with Gasteiger partial charge in [-0.25, -0.2) is 0 Å². The molecule has 1 aromatic rings. The van der Waals surface area contributed by atoms with Gasteiger partial charge in [-0.05, 0) is 43.4 Å². The van der Waals surface area contributed by atoms with Gasteiger partial charge in [-0.3, -0.25) is 0 Å². The number of hydrogen-bond acceptors (Lipinski definition) is 1. The Morgan fingerprint density at radius 2 is 2.29 bits per heavy atom. The maximum absolute atomic E-state index is 6.30. The molecule has 2 rings (SSSR count). The van der Waals surface area contributed by atoms with E-state index in [0.29, 0.717) is 5.92 Å². The zero-order valence-electron chi connectivity index (χ0n) is 8.52. The van der Waals surface area contributed by atoms with Gasteiger partial charge in [0, 0.05) is 11.6 Å². The number of nitrogens with one attached hydrogen (secondary N) is 1. The molecule has 1 heterocycles. The van der Waals surface area contributed by atoms with E-state index in [2.05, 4.69) is 30.4 Å². The molecule has 0 aromatic heterocycles. The summed E-state index contributed by atoms with van der Waals surface area (Å²) in [6.45, 7) is 4.30. The van der Waals surface area contributed by atoms with E-state index in [4.69, 9.17) is 11.6 Å². The molecule has 0 bridgehead atoms. The van der Waals surface area contributed by atoms with E-state index in [9.17, 15) is 0 Å². The summed E-state index contributed by atoms with van der Waals surface area (Å²) in [6, 6.07) is 6.33. The lowest BCUT2D eigenvalue weighted by atomic mass is 9.91. The highest BCUT2D eigenvalue weighted by atomic mass is 35.5. The summed E-state index contributed by atoms with van der Waals surface area (Å²) in [4.78, 5) is 0.